The van der Waals surface area contributed by atoms with Gasteiger partial charge in [-0.15, -0.1) is 0 Å². The molecule has 0 bridgehead atoms. The Morgan fingerprint density at radius 3 is 1.47 bits per heavy atom. The zero-order chi connectivity index (χ0) is 41.9. The molecule has 0 saturated heterocycles. The molecule has 0 aliphatic rings. The third-order valence-electron chi connectivity index (χ3n) is 7.89. The van der Waals surface area contributed by atoms with Gasteiger partial charge in [0.2, 0.25) is 0 Å². The number of phosphoric ester groups is 1. The van der Waals surface area contributed by atoms with Crippen LogP contribution in [0.5, 0.6) is 0 Å². The predicted molar refractivity (Wildman–Crippen MR) is 232 cm³/mol. The lowest BCUT2D eigenvalue weighted by molar-refractivity contribution is -0.161. The summed E-state index contributed by atoms with van der Waals surface area (Å²) < 4.78 is 32.6. The summed E-state index contributed by atoms with van der Waals surface area (Å²) in [5, 5.41) is 18.3. The van der Waals surface area contributed by atoms with Crippen molar-refractivity contribution in [1.29, 1.82) is 0 Å². The van der Waals surface area contributed by atoms with E-state index < -0.39 is 51.8 Å². The van der Waals surface area contributed by atoms with E-state index in [9.17, 15) is 24.2 Å². The van der Waals surface area contributed by atoms with Gasteiger partial charge < -0.3 is 24.6 Å². The second kappa shape index (κ2) is 40.8. The Balaban J connectivity index is 4.51. The van der Waals surface area contributed by atoms with Crippen molar-refractivity contribution in [2.45, 2.75) is 142 Å². The zero-order valence-electron chi connectivity index (χ0n) is 34.7. The smallest absolute Gasteiger partial charge is 0.462 e. The number of hydrogen-bond donors (Lipinski definition) is 3. The summed E-state index contributed by atoms with van der Waals surface area (Å²) in [6, 6.07) is 0. The van der Waals surface area contributed by atoms with Crippen LogP contribution in [0.3, 0.4) is 0 Å². The number of unbranched alkanes of at least 4 members (excludes halogenated alkanes) is 5. The quantitative estimate of drug-likeness (QED) is 0.0239. The number of carbonyl (C=O) groups is 2. The van der Waals surface area contributed by atoms with Crippen LogP contribution in [0.25, 0.3) is 0 Å². The predicted octanol–water partition coefficient (Wildman–Crippen LogP) is 11.0. The summed E-state index contributed by atoms with van der Waals surface area (Å²) in [6.45, 7) is 2.06. The van der Waals surface area contributed by atoms with Gasteiger partial charge in [0.05, 0.1) is 19.8 Å². The van der Waals surface area contributed by atoms with E-state index >= 15 is 0 Å². The molecular formula is C46H73O10P. The third-order valence-corrected chi connectivity index (χ3v) is 8.84. The number of carbonyl (C=O) groups excluding carboxylic acids is 2. The molecule has 0 aromatic carbocycles. The van der Waals surface area contributed by atoms with Gasteiger partial charge in [0.15, 0.2) is 6.10 Å². The van der Waals surface area contributed by atoms with Crippen LogP contribution in [0.15, 0.2) is 109 Å². The molecule has 0 rings (SSSR count). The molecule has 0 saturated carbocycles. The van der Waals surface area contributed by atoms with Crippen LogP contribution in [0.2, 0.25) is 0 Å². The van der Waals surface area contributed by atoms with Crippen LogP contribution in [0.4, 0.5) is 0 Å². The molecule has 3 N–H and O–H groups in total. The normalized spacial score (nSPS) is 15.0. The fourth-order valence-corrected chi connectivity index (χ4v) is 5.51. The van der Waals surface area contributed by atoms with Crippen LogP contribution in [0, 0.1) is 0 Å². The molecule has 0 heterocycles. The molecule has 0 aromatic rings. The van der Waals surface area contributed by atoms with Gasteiger partial charge in [0, 0.05) is 12.8 Å². The molecule has 322 valence electrons. The van der Waals surface area contributed by atoms with Gasteiger partial charge in [-0.2, -0.15) is 0 Å². The third kappa shape index (κ3) is 40.6. The Morgan fingerprint density at radius 1 is 0.544 bits per heavy atom. The fourth-order valence-electron chi connectivity index (χ4n) is 4.72. The Kier molecular flexibility index (Phi) is 38.4. The van der Waals surface area contributed by atoms with Crippen molar-refractivity contribution in [2.24, 2.45) is 0 Å². The second-order valence-electron chi connectivity index (χ2n) is 13.3. The number of rotatable bonds is 37. The van der Waals surface area contributed by atoms with Gasteiger partial charge in [-0.05, 0) is 89.9 Å². The number of ether oxygens (including phenoxy) is 2. The number of aliphatic hydroxyl groups is 2. The zero-order valence-corrected chi connectivity index (χ0v) is 35.6. The molecule has 0 radical (unpaired) electrons. The Hall–Kier alpha value is -3.37. The average molecular weight is 817 g/mol. The number of allylic oxidation sites excluding steroid dienone is 18. The van der Waals surface area contributed by atoms with Crippen LogP contribution in [-0.2, 0) is 32.7 Å². The van der Waals surface area contributed by atoms with Gasteiger partial charge in [0.1, 0.15) is 12.7 Å². The standard InChI is InChI=1S/C46H73O10P/c1-3-5-7-9-11-13-15-17-19-21-23-25-27-29-31-33-35-37-45(49)53-41-44(42-55-57(51,52)54-40-43(48)39-47)56-46(50)38-36-34-32-30-28-26-24-22-20-18-16-14-12-10-8-6-4-2/h5,7-8,10-11,13-14,16-17,19-20,22-23,25-26,28-29,31,43-44,47-48H,3-4,6,9,12,15,18,21,24,27,30,32-42H2,1-2H3,(H,51,52)/b7-5+,10-8+,13-11+,16-14+,19-17+,22-20+,25-23+,28-26+,31-29+/t43-,44+/m0/s1. The number of esters is 2. The lowest BCUT2D eigenvalue weighted by Gasteiger charge is -2.20. The first-order valence-corrected chi connectivity index (χ1v) is 22.3. The first kappa shape index (κ1) is 53.6. The minimum Gasteiger partial charge on any atom is -0.462 e. The number of aliphatic hydroxyl groups excluding tert-OH is 2. The average Bonchev–Trinajstić information content (AvgIpc) is 3.20. The molecule has 11 heteroatoms. The molecule has 1 unspecified atom stereocenters. The van der Waals surface area contributed by atoms with E-state index in [0.29, 0.717) is 19.3 Å². The van der Waals surface area contributed by atoms with Crippen molar-refractivity contribution in [3.05, 3.63) is 109 Å². The topological polar surface area (TPSA) is 149 Å². The van der Waals surface area contributed by atoms with Gasteiger partial charge in [-0.1, -0.05) is 136 Å². The van der Waals surface area contributed by atoms with E-state index in [-0.39, 0.29) is 19.4 Å². The van der Waals surface area contributed by atoms with Crippen LogP contribution >= 0.6 is 7.82 Å². The summed E-state index contributed by atoms with van der Waals surface area (Å²) in [6.07, 6.45) is 50.6. The van der Waals surface area contributed by atoms with Crippen LogP contribution < -0.4 is 0 Å². The minimum absolute atomic E-state index is 0.127. The molecule has 0 aliphatic heterocycles. The van der Waals surface area contributed by atoms with Crippen molar-refractivity contribution in [3.63, 3.8) is 0 Å². The van der Waals surface area contributed by atoms with Gasteiger partial charge in [-0.25, -0.2) is 4.57 Å². The van der Waals surface area contributed by atoms with Crippen molar-refractivity contribution >= 4 is 19.8 Å². The van der Waals surface area contributed by atoms with E-state index in [0.717, 1.165) is 77.0 Å². The summed E-state index contributed by atoms with van der Waals surface area (Å²) in [5.41, 5.74) is 0. The largest absolute Gasteiger partial charge is 0.472 e. The first-order chi connectivity index (χ1) is 27.7. The highest BCUT2D eigenvalue weighted by Gasteiger charge is 2.27. The maximum absolute atomic E-state index is 12.6. The summed E-state index contributed by atoms with van der Waals surface area (Å²) in [5.74, 6) is -1.04. The molecule has 0 amide bonds. The van der Waals surface area contributed by atoms with E-state index in [2.05, 4.69) is 116 Å². The first-order valence-electron chi connectivity index (χ1n) is 20.8. The SMILES string of the molecule is CC/C=C/C/C=C/C/C=C/C/C=C/C/C=C/CCCC(=O)OC[C@H](COP(=O)(O)OC[C@@H](O)CO)OC(=O)CCCCC/C=C/C/C=C/C/C=C/C/C=C/CCC. The van der Waals surface area contributed by atoms with Crippen molar-refractivity contribution in [3.8, 4) is 0 Å². The van der Waals surface area contributed by atoms with Crippen molar-refractivity contribution in [1.82, 2.24) is 0 Å². The van der Waals surface area contributed by atoms with Crippen molar-refractivity contribution in [2.75, 3.05) is 26.4 Å². The number of hydrogen-bond acceptors (Lipinski definition) is 9. The molecule has 10 nitrogen and oxygen atoms in total. The maximum atomic E-state index is 12.6. The van der Waals surface area contributed by atoms with Gasteiger partial charge in [0.25, 0.3) is 0 Å². The Morgan fingerprint density at radius 2 is 0.982 bits per heavy atom. The highest BCUT2D eigenvalue weighted by molar-refractivity contribution is 7.47. The number of phosphoric acid groups is 1. The molecule has 57 heavy (non-hydrogen) atoms. The Bertz CT molecular complexity index is 1310. The second-order valence-corrected chi connectivity index (χ2v) is 14.7. The Labute approximate surface area is 344 Å². The summed E-state index contributed by atoms with van der Waals surface area (Å²) in [7, 11) is -4.65. The monoisotopic (exact) mass is 816 g/mol. The van der Waals surface area contributed by atoms with Gasteiger partial charge >= 0.3 is 19.8 Å². The highest BCUT2D eigenvalue weighted by atomic mass is 31.2. The van der Waals surface area contributed by atoms with E-state index in [1.807, 2.05) is 12.2 Å². The van der Waals surface area contributed by atoms with E-state index in [1.165, 1.54) is 6.42 Å². The maximum Gasteiger partial charge on any atom is 0.472 e. The molecule has 0 aromatic heterocycles. The molecular weight excluding hydrogens is 743 g/mol. The summed E-state index contributed by atoms with van der Waals surface area (Å²) >= 11 is 0. The van der Waals surface area contributed by atoms with Crippen LogP contribution in [0.1, 0.15) is 129 Å². The molecule has 0 spiro atoms. The lowest BCUT2D eigenvalue weighted by Crippen LogP contribution is -2.29. The molecule has 0 fully saturated rings. The summed E-state index contributed by atoms with van der Waals surface area (Å²) in [4.78, 5) is 34.9. The van der Waals surface area contributed by atoms with E-state index in [4.69, 9.17) is 19.1 Å². The van der Waals surface area contributed by atoms with Crippen LogP contribution in [-0.4, -0.2) is 65.7 Å². The van der Waals surface area contributed by atoms with Gasteiger partial charge in [-0.3, -0.25) is 18.6 Å². The fraction of sp³-hybridized carbons (Fsp3) is 0.565. The van der Waals surface area contributed by atoms with Crippen molar-refractivity contribution < 1.29 is 47.8 Å². The lowest BCUT2D eigenvalue weighted by atomic mass is 10.1. The van der Waals surface area contributed by atoms with E-state index in [1.54, 1.807) is 0 Å². The minimum atomic E-state index is -4.65. The highest BCUT2D eigenvalue weighted by Crippen LogP contribution is 2.43. The molecule has 3 atom stereocenters. The molecule has 0 aliphatic carbocycles.